The molecular formula is C10H14O4. The number of ether oxygens (including phenoxy) is 2. The van der Waals surface area contributed by atoms with Crippen molar-refractivity contribution in [1.29, 1.82) is 0 Å². The molecule has 0 N–H and O–H groups in total. The maximum atomic E-state index is 11.0. The van der Waals surface area contributed by atoms with Crippen LogP contribution in [0.3, 0.4) is 0 Å². The molecule has 0 aliphatic rings. The molecule has 4 heteroatoms. The fraction of sp³-hybridized carbons (Fsp3) is 0.500. The van der Waals surface area contributed by atoms with Gasteiger partial charge in [-0.15, -0.1) is 0 Å². The van der Waals surface area contributed by atoms with Gasteiger partial charge in [-0.25, -0.2) is 0 Å². The Morgan fingerprint density at radius 2 is 2.43 bits per heavy atom. The number of hydrogen-bond donors (Lipinski definition) is 0. The zero-order valence-electron chi connectivity index (χ0n) is 8.36. The minimum atomic E-state index is -0.260. The highest BCUT2D eigenvalue weighted by atomic mass is 16.5. The summed E-state index contributed by atoms with van der Waals surface area (Å²) in [7, 11) is 1.37. The van der Waals surface area contributed by atoms with E-state index in [2.05, 4.69) is 4.74 Å². The zero-order valence-corrected chi connectivity index (χ0v) is 8.36. The molecule has 4 nitrogen and oxygen atoms in total. The van der Waals surface area contributed by atoms with E-state index in [4.69, 9.17) is 9.15 Å². The van der Waals surface area contributed by atoms with Crippen molar-refractivity contribution in [1.82, 2.24) is 0 Å². The third-order valence-corrected chi connectivity index (χ3v) is 1.80. The molecule has 0 aliphatic carbocycles. The molecule has 78 valence electrons. The van der Waals surface area contributed by atoms with Crippen LogP contribution in [0.2, 0.25) is 0 Å². The van der Waals surface area contributed by atoms with Gasteiger partial charge in [0, 0.05) is 0 Å². The summed E-state index contributed by atoms with van der Waals surface area (Å²) in [5.41, 5.74) is 0. The monoisotopic (exact) mass is 198 g/mol. The Morgan fingerprint density at radius 3 is 3.00 bits per heavy atom. The molecule has 0 spiro atoms. The average molecular weight is 198 g/mol. The third-order valence-electron chi connectivity index (χ3n) is 1.80. The zero-order chi connectivity index (χ0) is 10.4. The van der Waals surface area contributed by atoms with Gasteiger partial charge in [-0.3, -0.25) is 4.79 Å². The highest BCUT2D eigenvalue weighted by Gasteiger charge is 2.12. The largest absolute Gasteiger partial charge is 0.469 e. The molecule has 0 saturated heterocycles. The minimum absolute atomic E-state index is 0.241. The van der Waals surface area contributed by atoms with E-state index in [9.17, 15) is 4.79 Å². The maximum Gasteiger partial charge on any atom is 0.310 e. The van der Waals surface area contributed by atoms with Crippen LogP contribution in [-0.4, -0.2) is 19.7 Å². The van der Waals surface area contributed by atoms with Crippen LogP contribution in [0.25, 0.3) is 0 Å². The number of carbonyl (C=O) groups excluding carboxylic acids is 1. The van der Waals surface area contributed by atoms with E-state index in [1.165, 1.54) is 7.11 Å². The summed E-state index contributed by atoms with van der Waals surface area (Å²) in [6, 6.07) is 3.62. The number of esters is 1. The van der Waals surface area contributed by atoms with Gasteiger partial charge < -0.3 is 13.9 Å². The highest BCUT2D eigenvalue weighted by molar-refractivity contribution is 5.71. The molecule has 1 rings (SSSR count). The summed E-state index contributed by atoms with van der Waals surface area (Å²) in [4.78, 5) is 11.0. The molecule has 0 aromatic carbocycles. The second kappa shape index (κ2) is 5.44. The number of rotatable bonds is 5. The summed E-state index contributed by atoms with van der Waals surface area (Å²) in [6.07, 6.45) is 1.59. The van der Waals surface area contributed by atoms with Gasteiger partial charge in [0.2, 0.25) is 0 Å². The van der Waals surface area contributed by atoms with Gasteiger partial charge in [0.1, 0.15) is 12.4 Å². The summed E-state index contributed by atoms with van der Waals surface area (Å²) >= 11 is 0. The SMILES string of the molecule is COC(=O)C(C)COCc1ccco1. The Kier molecular flexibility index (Phi) is 4.19. The second-order valence-electron chi connectivity index (χ2n) is 3.02. The van der Waals surface area contributed by atoms with Gasteiger partial charge in [0.15, 0.2) is 0 Å². The van der Waals surface area contributed by atoms with E-state index in [0.717, 1.165) is 5.76 Å². The average Bonchev–Trinajstić information content (AvgIpc) is 2.69. The molecule has 14 heavy (non-hydrogen) atoms. The van der Waals surface area contributed by atoms with Gasteiger partial charge in [-0.1, -0.05) is 0 Å². The van der Waals surface area contributed by atoms with Gasteiger partial charge in [0.05, 0.1) is 25.9 Å². The Bertz CT molecular complexity index is 266. The van der Waals surface area contributed by atoms with Crippen LogP contribution < -0.4 is 0 Å². The molecular weight excluding hydrogens is 184 g/mol. The number of carbonyl (C=O) groups is 1. The Morgan fingerprint density at radius 1 is 1.64 bits per heavy atom. The lowest BCUT2D eigenvalue weighted by Gasteiger charge is -2.08. The van der Waals surface area contributed by atoms with Crippen molar-refractivity contribution < 1.29 is 18.7 Å². The van der Waals surface area contributed by atoms with Crippen molar-refractivity contribution in [3.63, 3.8) is 0 Å². The van der Waals surface area contributed by atoms with Gasteiger partial charge in [-0.05, 0) is 19.1 Å². The van der Waals surface area contributed by atoms with Crippen molar-refractivity contribution in [2.24, 2.45) is 5.92 Å². The molecule has 1 atom stereocenters. The minimum Gasteiger partial charge on any atom is -0.469 e. The fourth-order valence-corrected chi connectivity index (χ4v) is 1.00. The van der Waals surface area contributed by atoms with E-state index >= 15 is 0 Å². The van der Waals surface area contributed by atoms with E-state index in [1.54, 1.807) is 19.3 Å². The van der Waals surface area contributed by atoms with Crippen LogP contribution in [0.4, 0.5) is 0 Å². The fourth-order valence-electron chi connectivity index (χ4n) is 1.00. The van der Waals surface area contributed by atoms with Crippen LogP contribution in [0, 0.1) is 5.92 Å². The molecule has 0 aliphatic heterocycles. The van der Waals surface area contributed by atoms with Crippen molar-refractivity contribution in [3.05, 3.63) is 24.2 Å². The number of furan rings is 1. The van der Waals surface area contributed by atoms with Gasteiger partial charge >= 0.3 is 5.97 Å². The maximum absolute atomic E-state index is 11.0. The van der Waals surface area contributed by atoms with Crippen molar-refractivity contribution in [2.75, 3.05) is 13.7 Å². The lowest BCUT2D eigenvalue weighted by molar-refractivity contribution is -0.147. The molecule has 1 aromatic rings. The molecule has 0 radical (unpaired) electrons. The molecule has 1 aromatic heterocycles. The first kappa shape index (κ1) is 10.8. The first-order valence-corrected chi connectivity index (χ1v) is 4.42. The number of hydrogen-bond acceptors (Lipinski definition) is 4. The normalized spacial score (nSPS) is 12.4. The topological polar surface area (TPSA) is 48.7 Å². The summed E-state index contributed by atoms with van der Waals surface area (Å²) in [6.45, 7) is 2.48. The molecule has 0 bridgehead atoms. The first-order chi connectivity index (χ1) is 6.74. The standard InChI is InChI=1S/C10H14O4/c1-8(10(11)12-2)6-13-7-9-4-3-5-14-9/h3-5,8H,6-7H2,1-2H3. The second-order valence-corrected chi connectivity index (χ2v) is 3.02. The quantitative estimate of drug-likeness (QED) is 0.674. The Labute approximate surface area is 82.8 Å². The van der Waals surface area contributed by atoms with Crippen molar-refractivity contribution >= 4 is 5.97 Å². The van der Waals surface area contributed by atoms with Crippen LogP contribution >= 0.6 is 0 Å². The Balaban J connectivity index is 2.18. The van der Waals surface area contributed by atoms with Gasteiger partial charge in [-0.2, -0.15) is 0 Å². The predicted molar refractivity (Wildman–Crippen MR) is 49.5 cm³/mol. The third kappa shape index (κ3) is 3.22. The van der Waals surface area contributed by atoms with Gasteiger partial charge in [0.25, 0.3) is 0 Å². The molecule has 0 fully saturated rings. The molecule has 0 amide bonds. The van der Waals surface area contributed by atoms with E-state index in [-0.39, 0.29) is 11.9 Å². The Hall–Kier alpha value is -1.29. The summed E-state index contributed by atoms with van der Waals surface area (Å²) in [5.74, 6) is 0.251. The lowest BCUT2D eigenvalue weighted by Crippen LogP contribution is -2.18. The summed E-state index contributed by atoms with van der Waals surface area (Å²) in [5, 5.41) is 0. The predicted octanol–water partition coefficient (Wildman–Crippen LogP) is 1.61. The van der Waals surface area contributed by atoms with Crippen molar-refractivity contribution in [3.8, 4) is 0 Å². The van der Waals surface area contributed by atoms with Crippen LogP contribution in [0.15, 0.2) is 22.8 Å². The lowest BCUT2D eigenvalue weighted by atomic mass is 10.2. The highest BCUT2D eigenvalue weighted by Crippen LogP contribution is 2.04. The van der Waals surface area contributed by atoms with Crippen LogP contribution in [0.1, 0.15) is 12.7 Å². The molecule has 1 unspecified atom stereocenters. The smallest absolute Gasteiger partial charge is 0.310 e. The molecule has 0 saturated carbocycles. The first-order valence-electron chi connectivity index (χ1n) is 4.42. The van der Waals surface area contributed by atoms with E-state index in [1.807, 2.05) is 6.07 Å². The van der Waals surface area contributed by atoms with E-state index in [0.29, 0.717) is 13.2 Å². The van der Waals surface area contributed by atoms with E-state index < -0.39 is 0 Å². The van der Waals surface area contributed by atoms with Crippen LogP contribution in [-0.2, 0) is 20.9 Å². The molecule has 1 heterocycles. The number of methoxy groups -OCH3 is 1. The van der Waals surface area contributed by atoms with Crippen molar-refractivity contribution in [2.45, 2.75) is 13.5 Å². The summed E-state index contributed by atoms with van der Waals surface area (Å²) < 4.78 is 14.9. The van der Waals surface area contributed by atoms with Crippen LogP contribution in [0.5, 0.6) is 0 Å².